The van der Waals surface area contributed by atoms with Gasteiger partial charge in [0.2, 0.25) is 0 Å². The molecule has 136 valence electrons. The molecule has 2 fully saturated rings. The third kappa shape index (κ3) is 2.67. The maximum Gasteiger partial charge on any atom is 0.339 e. The van der Waals surface area contributed by atoms with Crippen LogP contribution >= 0.6 is 0 Å². The first kappa shape index (κ1) is 17.0. The average molecular weight is 353 g/mol. The van der Waals surface area contributed by atoms with Gasteiger partial charge in [0, 0.05) is 24.3 Å². The summed E-state index contributed by atoms with van der Waals surface area (Å²) in [6, 6.07) is 6.41. The van der Waals surface area contributed by atoms with Gasteiger partial charge >= 0.3 is 5.97 Å². The number of carbonyl (C=O) groups excluding carboxylic acids is 1. The van der Waals surface area contributed by atoms with Crippen molar-refractivity contribution in [3.05, 3.63) is 35.2 Å². The predicted octanol–water partition coefficient (Wildman–Crippen LogP) is 3.35. The molecule has 0 spiro atoms. The van der Waals surface area contributed by atoms with Gasteiger partial charge in [0.15, 0.2) is 0 Å². The molecule has 1 aliphatic heterocycles. The quantitative estimate of drug-likeness (QED) is 0.791. The molecule has 26 heavy (non-hydrogen) atoms. The van der Waals surface area contributed by atoms with Crippen LogP contribution in [0.1, 0.15) is 67.1 Å². The zero-order valence-corrected chi connectivity index (χ0v) is 15.4. The van der Waals surface area contributed by atoms with Crippen LogP contribution in [0.15, 0.2) is 18.3 Å². The van der Waals surface area contributed by atoms with Crippen LogP contribution in [0.4, 0.5) is 0 Å². The van der Waals surface area contributed by atoms with Crippen LogP contribution < -0.4 is 0 Å². The van der Waals surface area contributed by atoms with Crippen LogP contribution in [-0.4, -0.2) is 34.9 Å². The van der Waals surface area contributed by atoms with E-state index in [0.717, 1.165) is 49.1 Å². The lowest BCUT2D eigenvalue weighted by molar-refractivity contribution is -0.0598. The van der Waals surface area contributed by atoms with Crippen molar-refractivity contribution < 1.29 is 14.3 Å². The van der Waals surface area contributed by atoms with Gasteiger partial charge in [-0.3, -0.25) is 0 Å². The molecule has 0 radical (unpaired) electrons. The van der Waals surface area contributed by atoms with E-state index in [9.17, 15) is 10.1 Å². The lowest BCUT2D eigenvalue weighted by Crippen LogP contribution is -2.33. The second-order valence-corrected chi connectivity index (χ2v) is 7.99. The molecule has 6 heteroatoms. The molecule has 4 rings (SSSR count). The highest BCUT2D eigenvalue weighted by atomic mass is 16.5. The van der Waals surface area contributed by atoms with Crippen LogP contribution in [0.3, 0.4) is 0 Å². The SMILES string of the molecule is COC(=O)c1cn2nc(C3CCOC(C)(C)C3)ccc2c1C1(C#N)CC1. The Hall–Kier alpha value is -2.39. The van der Waals surface area contributed by atoms with E-state index < -0.39 is 11.4 Å². The Balaban J connectivity index is 1.80. The van der Waals surface area contributed by atoms with Crippen molar-refractivity contribution in [2.24, 2.45) is 0 Å². The Bertz CT molecular complexity index is 918. The van der Waals surface area contributed by atoms with Gasteiger partial charge in [0.1, 0.15) is 0 Å². The lowest BCUT2D eigenvalue weighted by atomic mass is 9.86. The molecule has 0 aromatic carbocycles. The summed E-state index contributed by atoms with van der Waals surface area (Å²) in [6.45, 7) is 4.93. The molecule has 2 aliphatic rings. The van der Waals surface area contributed by atoms with Gasteiger partial charge in [-0.1, -0.05) is 0 Å². The normalized spacial score (nSPS) is 23.4. The summed E-state index contributed by atoms with van der Waals surface area (Å²) < 4.78 is 12.5. The number of hydrogen-bond donors (Lipinski definition) is 0. The number of aromatic nitrogens is 2. The number of rotatable bonds is 3. The molecule has 0 amide bonds. The topological polar surface area (TPSA) is 76.6 Å². The predicted molar refractivity (Wildman–Crippen MR) is 95.1 cm³/mol. The Morgan fingerprint density at radius 2 is 2.19 bits per heavy atom. The highest BCUT2D eigenvalue weighted by molar-refractivity contribution is 5.95. The maximum atomic E-state index is 12.3. The standard InChI is InChI=1S/C20H23N3O3/c1-19(2)10-13(6-9-26-19)15-4-5-16-17(20(12-21)7-8-20)14(18(24)25-3)11-23(16)22-15/h4-5,11,13H,6-10H2,1-3H3. The second kappa shape index (κ2) is 5.82. The van der Waals surface area contributed by atoms with Gasteiger partial charge < -0.3 is 9.47 Å². The third-order valence-electron chi connectivity index (χ3n) is 5.62. The van der Waals surface area contributed by atoms with Gasteiger partial charge in [-0.25, -0.2) is 9.31 Å². The zero-order valence-electron chi connectivity index (χ0n) is 15.4. The molecule has 2 aromatic heterocycles. The molecule has 0 N–H and O–H groups in total. The summed E-state index contributed by atoms with van der Waals surface area (Å²) in [6.07, 6.45) is 5.09. The van der Waals surface area contributed by atoms with Gasteiger partial charge in [-0.2, -0.15) is 10.4 Å². The van der Waals surface area contributed by atoms with E-state index in [1.165, 1.54) is 7.11 Å². The summed E-state index contributed by atoms with van der Waals surface area (Å²) in [5, 5.41) is 14.4. The molecule has 1 saturated heterocycles. The van der Waals surface area contributed by atoms with Gasteiger partial charge in [-0.05, 0) is 51.7 Å². The molecule has 1 saturated carbocycles. The van der Waals surface area contributed by atoms with Crippen LogP contribution in [-0.2, 0) is 14.9 Å². The first-order valence-electron chi connectivity index (χ1n) is 9.05. The van der Waals surface area contributed by atoms with Crippen molar-refractivity contribution in [1.29, 1.82) is 5.26 Å². The number of nitriles is 1. The highest BCUT2D eigenvalue weighted by Crippen LogP contribution is 2.51. The zero-order chi connectivity index (χ0) is 18.5. The lowest BCUT2D eigenvalue weighted by Gasteiger charge is -2.35. The maximum absolute atomic E-state index is 12.3. The first-order chi connectivity index (χ1) is 12.4. The number of esters is 1. The molecule has 1 aliphatic carbocycles. The smallest absolute Gasteiger partial charge is 0.339 e. The molecular formula is C20H23N3O3. The summed E-state index contributed by atoms with van der Waals surface area (Å²) in [5.41, 5.74) is 2.29. The minimum Gasteiger partial charge on any atom is -0.465 e. The number of nitrogens with zero attached hydrogens (tertiary/aromatic N) is 3. The van der Waals surface area contributed by atoms with E-state index in [0.29, 0.717) is 11.5 Å². The molecule has 0 bridgehead atoms. The Labute approximate surface area is 152 Å². The largest absolute Gasteiger partial charge is 0.465 e. The van der Waals surface area contributed by atoms with E-state index >= 15 is 0 Å². The summed E-state index contributed by atoms with van der Waals surface area (Å²) in [5.74, 6) is -0.0952. The number of ether oxygens (including phenoxy) is 2. The molecule has 6 nitrogen and oxygen atoms in total. The molecule has 2 aromatic rings. The van der Waals surface area contributed by atoms with E-state index in [4.69, 9.17) is 14.6 Å². The molecule has 1 unspecified atom stereocenters. The van der Waals surface area contributed by atoms with Gasteiger partial charge in [0.05, 0.1) is 41.0 Å². The summed E-state index contributed by atoms with van der Waals surface area (Å²) in [4.78, 5) is 12.3. The third-order valence-corrected chi connectivity index (χ3v) is 5.62. The van der Waals surface area contributed by atoms with Crippen molar-refractivity contribution in [2.45, 2.75) is 56.5 Å². The highest BCUT2D eigenvalue weighted by Gasteiger charge is 2.49. The van der Waals surface area contributed by atoms with Crippen molar-refractivity contribution in [2.75, 3.05) is 13.7 Å². The second-order valence-electron chi connectivity index (χ2n) is 7.99. The Morgan fingerprint density at radius 1 is 1.42 bits per heavy atom. The molecule has 3 heterocycles. The Kier molecular flexibility index (Phi) is 3.81. The van der Waals surface area contributed by atoms with Gasteiger partial charge in [-0.15, -0.1) is 0 Å². The molecular weight excluding hydrogens is 330 g/mol. The van der Waals surface area contributed by atoms with E-state index in [1.807, 2.05) is 12.1 Å². The van der Waals surface area contributed by atoms with Crippen LogP contribution in [0.25, 0.3) is 5.52 Å². The fraction of sp³-hybridized carbons (Fsp3) is 0.550. The van der Waals surface area contributed by atoms with Crippen molar-refractivity contribution >= 4 is 11.5 Å². The fourth-order valence-corrected chi connectivity index (χ4v) is 4.09. The average Bonchev–Trinajstić information content (AvgIpc) is 3.32. The Morgan fingerprint density at radius 3 is 2.81 bits per heavy atom. The summed E-state index contributed by atoms with van der Waals surface area (Å²) in [7, 11) is 1.36. The minimum atomic E-state index is -0.581. The monoisotopic (exact) mass is 353 g/mol. The van der Waals surface area contributed by atoms with E-state index in [-0.39, 0.29) is 5.60 Å². The molecule has 1 atom stereocenters. The summed E-state index contributed by atoms with van der Waals surface area (Å²) >= 11 is 0. The first-order valence-corrected chi connectivity index (χ1v) is 9.05. The van der Waals surface area contributed by atoms with E-state index in [1.54, 1.807) is 10.7 Å². The number of methoxy groups -OCH3 is 1. The number of carbonyl (C=O) groups is 1. The van der Waals surface area contributed by atoms with Crippen LogP contribution in [0.2, 0.25) is 0 Å². The van der Waals surface area contributed by atoms with Crippen molar-refractivity contribution in [3.63, 3.8) is 0 Å². The van der Waals surface area contributed by atoms with Crippen LogP contribution in [0, 0.1) is 11.3 Å². The fourth-order valence-electron chi connectivity index (χ4n) is 4.09. The van der Waals surface area contributed by atoms with Crippen LogP contribution in [0.5, 0.6) is 0 Å². The van der Waals surface area contributed by atoms with Crippen molar-refractivity contribution in [3.8, 4) is 6.07 Å². The number of fused-ring (bicyclic) bond motifs is 1. The minimum absolute atomic E-state index is 0.155. The number of hydrogen-bond acceptors (Lipinski definition) is 5. The van der Waals surface area contributed by atoms with Gasteiger partial charge in [0.25, 0.3) is 0 Å². The van der Waals surface area contributed by atoms with Crippen molar-refractivity contribution in [1.82, 2.24) is 9.61 Å². The van der Waals surface area contributed by atoms with E-state index in [2.05, 4.69) is 19.9 Å².